The van der Waals surface area contributed by atoms with Gasteiger partial charge in [0.1, 0.15) is 5.75 Å². The molecule has 1 aromatic carbocycles. The van der Waals surface area contributed by atoms with Gasteiger partial charge in [0.15, 0.2) is 0 Å². The highest BCUT2D eigenvalue weighted by Gasteiger charge is 2.17. The predicted octanol–water partition coefficient (Wildman–Crippen LogP) is 2.70. The van der Waals surface area contributed by atoms with Gasteiger partial charge in [0, 0.05) is 0 Å². The van der Waals surface area contributed by atoms with E-state index in [1.807, 2.05) is 0 Å². The lowest BCUT2D eigenvalue weighted by atomic mass is 10.2. The van der Waals surface area contributed by atoms with Crippen LogP contribution in [0.1, 0.15) is 17.3 Å². The summed E-state index contributed by atoms with van der Waals surface area (Å²) in [6.45, 7) is -1.28. The Morgan fingerprint density at radius 1 is 1.53 bits per heavy atom. The number of alkyl halides is 2. The summed E-state index contributed by atoms with van der Waals surface area (Å²) >= 11 is 5.74. The maximum atomic E-state index is 12.1. The van der Waals surface area contributed by atoms with Crippen molar-refractivity contribution < 1.29 is 23.0 Å². The van der Waals surface area contributed by atoms with Gasteiger partial charge < -0.3 is 15.2 Å². The molecule has 1 rings (SSSR count). The van der Waals surface area contributed by atoms with Crippen molar-refractivity contribution in [2.24, 2.45) is 0 Å². The number of ether oxygens (including phenoxy) is 2. The Hall–Kier alpha value is -1.56. The third-order valence-electron chi connectivity index (χ3n) is 1.81. The van der Waals surface area contributed by atoms with Crippen molar-refractivity contribution in [3.63, 3.8) is 0 Å². The molecule has 1 aromatic rings. The Labute approximate surface area is 101 Å². The number of hydrogen-bond acceptors (Lipinski definition) is 4. The number of hydrogen-bond donors (Lipinski definition) is 1. The molecule has 0 aromatic heterocycles. The molecule has 4 nitrogen and oxygen atoms in total. The van der Waals surface area contributed by atoms with Crippen LogP contribution in [0.5, 0.6) is 5.75 Å². The molecular weight excluding hydrogens is 256 g/mol. The van der Waals surface area contributed by atoms with Crippen molar-refractivity contribution in [2.45, 2.75) is 13.5 Å². The smallest absolute Gasteiger partial charge is 0.387 e. The third kappa shape index (κ3) is 3.45. The summed E-state index contributed by atoms with van der Waals surface area (Å²) in [7, 11) is 0. The van der Waals surface area contributed by atoms with Crippen LogP contribution < -0.4 is 10.5 Å². The fourth-order valence-corrected chi connectivity index (χ4v) is 1.38. The largest absolute Gasteiger partial charge is 0.462 e. The number of halogens is 3. The van der Waals surface area contributed by atoms with Crippen molar-refractivity contribution in [1.82, 2.24) is 0 Å². The molecule has 17 heavy (non-hydrogen) atoms. The van der Waals surface area contributed by atoms with E-state index < -0.39 is 12.6 Å². The zero-order valence-electron chi connectivity index (χ0n) is 8.88. The predicted molar refractivity (Wildman–Crippen MR) is 58.5 cm³/mol. The number of nitrogen functional groups attached to an aromatic ring is 1. The minimum atomic E-state index is -3.03. The summed E-state index contributed by atoms with van der Waals surface area (Å²) in [4.78, 5) is 11.4. The van der Waals surface area contributed by atoms with E-state index in [0.29, 0.717) is 0 Å². The SMILES string of the molecule is CCOC(=O)c1cc(OC(F)F)c(N)cc1Cl. The van der Waals surface area contributed by atoms with Gasteiger partial charge in [0.05, 0.1) is 22.9 Å². The van der Waals surface area contributed by atoms with E-state index in [-0.39, 0.29) is 28.6 Å². The number of anilines is 1. The van der Waals surface area contributed by atoms with E-state index in [0.717, 1.165) is 12.1 Å². The first kappa shape index (κ1) is 13.5. The first-order valence-electron chi connectivity index (χ1n) is 4.66. The molecule has 0 radical (unpaired) electrons. The molecule has 0 aliphatic carbocycles. The van der Waals surface area contributed by atoms with Crippen LogP contribution in [0, 0.1) is 0 Å². The molecule has 94 valence electrons. The van der Waals surface area contributed by atoms with Crippen LogP contribution in [0.4, 0.5) is 14.5 Å². The maximum Gasteiger partial charge on any atom is 0.387 e. The maximum absolute atomic E-state index is 12.1. The van der Waals surface area contributed by atoms with E-state index >= 15 is 0 Å². The van der Waals surface area contributed by atoms with Crippen LogP contribution in [-0.4, -0.2) is 19.2 Å². The number of carbonyl (C=O) groups is 1. The van der Waals surface area contributed by atoms with Crippen molar-refractivity contribution in [3.05, 3.63) is 22.7 Å². The summed E-state index contributed by atoms with van der Waals surface area (Å²) in [5.74, 6) is -1.04. The van der Waals surface area contributed by atoms with E-state index in [2.05, 4.69) is 4.74 Å². The van der Waals surface area contributed by atoms with E-state index in [4.69, 9.17) is 22.1 Å². The second kappa shape index (κ2) is 5.67. The average Bonchev–Trinajstić information content (AvgIpc) is 2.21. The molecule has 2 N–H and O–H groups in total. The van der Waals surface area contributed by atoms with Gasteiger partial charge in [0.2, 0.25) is 0 Å². The normalized spacial score (nSPS) is 10.4. The van der Waals surface area contributed by atoms with E-state index in [1.54, 1.807) is 6.92 Å². The van der Waals surface area contributed by atoms with Gasteiger partial charge in [-0.2, -0.15) is 8.78 Å². The lowest BCUT2D eigenvalue weighted by Crippen LogP contribution is -2.09. The third-order valence-corrected chi connectivity index (χ3v) is 2.12. The number of carbonyl (C=O) groups excluding carboxylic acids is 1. The van der Waals surface area contributed by atoms with Crippen LogP contribution in [-0.2, 0) is 4.74 Å². The lowest BCUT2D eigenvalue weighted by molar-refractivity contribution is -0.0494. The second-order valence-corrected chi connectivity index (χ2v) is 3.38. The Morgan fingerprint density at radius 3 is 2.71 bits per heavy atom. The van der Waals surface area contributed by atoms with Gasteiger partial charge in [-0.15, -0.1) is 0 Å². The first-order valence-corrected chi connectivity index (χ1v) is 5.04. The highest BCUT2D eigenvalue weighted by atomic mass is 35.5. The first-order chi connectivity index (χ1) is 7.95. The summed E-state index contributed by atoms with van der Waals surface area (Å²) in [5.41, 5.74) is 5.27. The zero-order chi connectivity index (χ0) is 13.0. The molecule has 0 saturated heterocycles. The number of esters is 1. The lowest BCUT2D eigenvalue weighted by Gasteiger charge is -2.10. The molecule has 0 unspecified atom stereocenters. The van der Waals surface area contributed by atoms with Crippen molar-refractivity contribution in [1.29, 1.82) is 0 Å². The molecule has 0 spiro atoms. The molecule has 0 aliphatic rings. The summed E-state index contributed by atoms with van der Waals surface area (Å²) in [5, 5.41) is 0.0163. The second-order valence-electron chi connectivity index (χ2n) is 2.97. The van der Waals surface area contributed by atoms with Gasteiger partial charge in [-0.3, -0.25) is 0 Å². The van der Waals surface area contributed by atoms with Crippen LogP contribution >= 0.6 is 11.6 Å². The van der Waals surface area contributed by atoms with E-state index in [9.17, 15) is 13.6 Å². The standard InChI is InChI=1S/C10H10ClF2NO3/c1-2-16-9(15)5-3-8(17-10(12)13)7(14)4-6(5)11/h3-4,10H,2,14H2,1H3. The molecule has 0 aliphatic heterocycles. The Bertz CT molecular complexity index is 426. The molecule has 0 fully saturated rings. The molecule has 0 heterocycles. The number of nitrogens with two attached hydrogens (primary N) is 1. The van der Waals surface area contributed by atoms with Gasteiger partial charge in [0.25, 0.3) is 0 Å². The summed E-state index contributed by atoms with van der Waals surface area (Å²) in [6, 6.07) is 2.19. The highest BCUT2D eigenvalue weighted by molar-refractivity contribution is 6.34. The molecular formula is C10H10ClF2NO3. The van der Waals surface area contributed by atoms with Gasteiger partial charge >= 0.3 is 12.6 Å². The van der Waals surface area contributed by atoms with Crippen molar-refractivity contribution in [2.75, 3.05) is 12.3 Å². The average molecular weight is 266 g/mol. The summed E-state index contributed by atoms with van der Waals surface area (Å²) in [6.07, 6.45) is 0. The van der Waals surface area contributed by atoms with Gasteiger partial charge in [-0.25, -0.2) is 4.79 Å². The molecule has 0 atom stereocenters. The van der Waals surface area contributed by atoms with Gasteiger partial charge in [-0.1, -0.05) is 11.6 Å². The Balaban J connectivity index is 3.09. The van der Waals surface area contributed by atoms with Crippen LogP contribution in [0.3, 0.4) is 0 Å². The monoisotopic (exact) mass is 265 g/mol. The highest BCUT2D eigenvalue weighted by Crippen LogP contribution is 2.30. The van der Waals surface area contributed by atoms with E-state index in [1.165, 1.54) is 0 Å². The Morgan fingerprint density at radius 2 is 2.18 bits per heavy atom. The molecule has 0 saturated carbocycles. The minimum absolute atomic E-state index is 0.0163. The topological polar surface area (TPSA) is 61.5 Å². The van der Waals surface area contributed by atoms with Crippen molar-refractivity contribution in [3.8, 4) is 5.75 Å². The van der Waals surface area contributed by atoms with Gasteiger partial charge in [-0.05, 0) is 19.1 Å². The fourth-order valence-electron chi connectivity index (χ4n) is 1.13. The number of benzene rings is 1. The van der Waals surface area contributed by atoms with Crippen LogP contribution in [0.2, 0.25) is 5.02 Å². The minimum Gasteiger partial charge on any atom is -0.462 e. The van der Waals surface area contributed by atoms with Crippen LogP contribution in [0.15, 0.2) is 12.1 Å². The molecule has 0 amide bonds. The molecule has 0 bridgehead atoms. The van der Waals surface area contributed by atoms with Crippen LogP contribution in [0.25, 0.3) is 0 Å². The zero-order valence-corrected chi connectivity index (χ0v) is 9.63. The quantitative estimate of drug-likeness (QED) is 0.672. The van der Waals surface area contributed by atoms with Crippen molar-refractivity contribution >= 4 is 23.3 Å². The summed E-state index contributed by atoms with van der Waals surface area (Å²) < 4.78 is 33.0. The fraction of sp³-hybridized carbons (Fsp3) is 0.300. The number of rotatable bonds is 4. The molecule has 7 heteroatoms. The Kier molecular flexibility index (Phi) is 4.51.